The molecule has 0 spiro atoms. The Kier molecular flexibility index (Phi) is 2.02. The van der Waals surface area contributed by atoms with Gasteiger partial charge in [-0.2, -0.15) is 5.26 Å². The van der Waals surface area contributed by atoms with Crippen LogP contribution in [0.4, 0.5) is 5.69 Å². The highest BCUT2D eigenvalue weighted by Gasteiger charge is 2.10. The number of rotatable bonds is 0. The quantitative estimate of drug-likeness (QED) is 0.423. The van der Waals surface area contributed by atoms with Crippen molar-refractivity contribution in [2.24, 2.45) is 0 Å². The lowest BCUT2D eigenvalue weighted by Gasteiger charge is -2.06. The van der Waals surface area contributed by atoms with Crippen LogP contribution in [0.1, 0.15) is 11.1 Å². The van der Waals surface area contributed by atoms with Crippen LogP contribution in [-0.2, 0) is 0 Å². The molecule has 16 heavy (non-hydrogen) atoms. The van der Waals surface area contributed by atoms with E-state index in [-0.39, 0.29) is 5.56 Å². The molecule has 1 aromatic carbocycles. The minimum Gasteiger partial charge on any atom is -0.398 e. The molecule has 0 aliphatic rings. The number of nitriles is 1. The van der Waals surface area contributed by atoms with E-state index in [1.165, 1.54) is 6.07 Å². The van der Waals surface area contributed by atoms with Crippen molar-refractivity contribution in [1.82, 2.24) is 9.97 Å². The van der Waals surface area contributed by atoms with Gasteiger partial charge >= 0.3 is 11.1 Å². The van der Waals surface area contributed by atoms with Crippen LogP contribution in [0.3, 0.4) is 0 Å². The van der Waals surface area contributed by atoms with Gasteiger partial charge in [0.25, 0.3) is 0 Å². The van der Waals surface area contributed by atoms with Crippen LogP contribution >= 0.6 is 0 Å². The monoisotopic (exact) mass is 216 g/mol. The fourth-order valence-electron chi connectivity index (χ4n) is 1.52. The number of anilines is 1. The minimum atomic E-state index is -0.784. The molecule has 0 aliphatic heterocycles. The van der Waals surface area contributed by atoms with Gasteiger partial charge in [-0.25, -0.2) is 0 Å². The van der Waals surface area contributed by atoms with E-state index < -0.39 is 11.1 Å². The van der Waals surface area contributed by atoms with Crippen molar-refractivity contribution in [2.45, 2.75) is 6.92 Å². The first-order chi connectivity index (χ1) is 7.54. The number of H-pyrrole nitrogens is 2. The molecule has 0 radical (unpaired) electrons. The van der Waals surface area contributed by atoms with E-state index in [9.17, 15) is 9.59 Å². The highest BCUT2D eigenvalue weighted by molar-refractivity contribution is 5.86. The summed E-state index contributed by atoms with van der Waals surface area (Å²) in [7, 11) is 0. The fourth-order valence-corrected chi connectivity index (χ4v) is 1.52. The molecule has 0 bridgehead atoms. The van der Waals surface area contributed by atoms with E-state index in [4.69, 9.17) is 11.0 Å². The number of nitrogens with one attached hydrogen (secondary N) is 2. The van der Waals surface area contributed by atoms with Crippen LogP contribution in [0.2, 0.25) is 0 Å². The van der Waals surface area contributed by atoms with Crippen LogP contribution < -0.4 is 16.9 Å². The van der Waals surface area contributed by atoms with Crippen LogP contribution in [0.15, 0.2) is 15.7 Å². The van der Waals surface area contributed by atoms with Crippen molar-refractivity contribution < 1.29 is 0 Å². The van der Waals surface area contributed by atoms with Crippen molar-refractivity contribution >= 4 is 16.7 Å². The first-order valence-electron chi connectivity index (χ1n) is 4.50. The lowest BCUT2D eigenvalue weighted by molar-refractivity contribution is 1.14. The molecule has 2 rings (SSSR count). The lowest BCUT2D eigenvalue weighted by atomic mass is 10.1. The number of nitrogen functional groups attached to an aromatic ring is 1. The van der Waals surface area contributed by atoms with Gasteiger partial charge in [-0.05, 0) is 18.6 Å². The minimum absolute atomic E-state index is 0.267. The summed E-state index contributed by atoms with van der Waals surface area (Å²) in [5, 5.41) is 8.98. The van der Waals surface area contributed by atoms with Crippen molar-refractivity contribution in [3.05, 3.63) is 37.9 Å². The summed E-state index contributed by atoms with van der Waals surface area (Å²) in [4.78, 5) is 27.0. The third kappa shape index (κ3) is 1.26. The zero-order valence-corrected chi connectivity index (χ0v) is 8.42. The number of nitrogens with two attached hydrogens (primary N) is 1. The molecule has 2 aromatic rings. The van der Waals surface area contributed by atoms with Crippen molar-refractivity contribution in [3.8, 4) is 6.07 Å². The van der Waals surface area contributed by atoms with Gasteiger partial charge in [0.1, 0.15) is 6.07 Å². The lowest BCUT2D eigenvalue weighted by Crippen LogP contribution is -2.29. The summed E-state index contributed by atoms with van der Waals surface area (Å²) < 4.78 is 0. The van der Waals surface area contributed by atoms with E-state index in [1.807, 2.05) is 6.07 Å². The summed E-state index contributed by atoms with van der Waals surface area (Å²) in [5.74, 6) is 0. The molecule has 6 heteroatoms. The van der Waals surface area contributed by atoms with Gasteiger partial charge in [-0.3, -0.25) is 9.59 Å². The predicted octanol–water partition coefficient (Wildman–Crippen LogP) is -0.0213. The maximum atomic E-state index is 11.2. The molecular weight excluding hydrogens is 208 g/mol. The van der Waals surface area contributed by atoms with Gasteiger partial charge in [-0.15, -0.1) is 0 Å². The third-order valence-electron chi connectivity index (χ3n) is 2.43. The Morgan fingerprint density at radius 3 is 2.56 bits per heavy atom. The second-order valence-corrected chi connectivity index (χ2v) is 3.41. The maximum absolute atomic E-state index is 11.2. The Balaban J connectivity index is 3.11. The van der Waals surface area contributed by atoms with Crippen LogP contribution in [0, 0.1) is 18.3 Å². The molecule has 0 fully saturated rings. The Labute approximate surface area is 89.3 Å². The summed E-state index contributed by atoms with van der Waals surface area (Å²) in [6.07, 6.45) is 0. The van der Waals surface area contributed by atoms with E-state index in [0.717, 1.165) is 0 Å². The number of hydrogen-bond donors (Lipinski definition) is 3. The van der Waals surface area contributed by atoms with Crippen LogP contribution in [0.25, 0.3) is 11.0 Å². The Hall–Kier alpha value is -2.55. The number of aromatic nitrogens is 2. The van der Waals surface area contributed by atoms with Gasteiger partial charge in [0.05, 0.1) is 16.6 Å². The summed E-state index contributed by atoms with van der Waals surface area (Å²) in [6.45, 7) is 1.68. The Morgan fingerprint density at radius 1 is 1.31 bits per heavy atom. The molecule has 0 unspecified atom stereocenters. The molecule has 0 amide bonds. The zero-order valence-electron chi connectivity index (χ0n) is 8.42. The normalized spacial score (nSPS) is 10.2. The van der Waals surface area contributed by atoms with Crippen molar-refractivity contribution in [3.63, 3.8) is 0 Å². The smallest absolute Gasteiger partial charge is 0.314 e. The van der Waals surface area contributed by atoms with E-state index in [0.29, 0.717) is 22.3 Å². The van der Waals surface area contributed by atoms with Crippen LogP contribution in [-0.4, -0.2) is 9.97 Å². The average Bonchev–Trinajstić information content (AvgIpc) is 2.24. The van der Waals surface area contributed by atoms with Gasteiger partial charge in [0, 0.05) is 5.69 Å². The molecular formula is C10H8N4O2. The molecule has 6 nitrogen and oxygen atoms in total. The van der Waals surface area contributed by atoms with E-state index >= 15 is 0 Å². The molecule has 4 N–H and O–H groups in total. The second-order valence-electron chi connectivity index (χ2n) is 3.41. The number of aromatic amines is 2. The van der Waals surface area contributed by atoms with Crippen LogP contribution in [0.5, 0.6) is 0 Å². The molecule has 1 heterocycles. The first-order valence-corrected chi connectivity index (χ1v) is 4.50. The summed E-state index contributed by atoms with van der Waals surface area (Å²) in [5.41, 5.74) is 6.04. The molecule has 1 aromatic heterocycles. The number of hydrogen-bond acceptors (Lipinski definition) is 4. The highest BCUT2D eigenvalue weighted by atomic mass is 16.2. The topological polar surface area (TPSA) is 116 Å². The standard InChI is InChI=1S/C10H8N4O2/c1-4-5(3-11)8-7(2-6(4)12)13-9(15)10(16)14-8/h2H,12H2,1H3,(H,13,15)(H,14,16). The average molecular weight is 216 g/mol. The van der Waals surface area contributed by atoms with E-state index in [1.54, 1.807) is 6.92 Å². The highest BCUT2D eigenvalue weighted by Crippen LogP contribution is 2.22. The van der Waals surface area contributed by atoms with Gasteiger partial charge < -0.3 is 15.7 Å². The molecule has 0 saturated heterocycles. The zero-order chi connectivity index (χ0) is 11.9. The van der Waals surface area contributed by atoms with Gasteiger partial charge in [0.2, 0.25) is 0 Å². The summed E-state index contributed by atoms with van der Waals surface area (Å²) in [6, 6.07) is 3.47. The number of fused-ring (bicyclic) bond motifs is 1. The maximum Gasteiger partial charge on any atom is 0.314 e. The first kappa shape index (κ1) is 9.98. The number of benzene rings is 1. The largest absolute Gasteiger partial charge is 0.398 e. The Morgan fingerprint density at radius 2 is 1.94 bits per heavy atom. The molecule has 80 valence electrons. The van der Waals surface area contributed by atoms with E-state index in [2.05, 4.69) is 9.97 Å². The Bertz CT molecular complexity index is 733. The van der Waals surface area contributed by atoms with Crippen molar-refractivity contribution in [1.29, 1.82) is 5.26 Å². The SMILES string of the molecule is Cc1c(N)cc2[nH]c(=O)c(=O)[nH]c2c1C#N. The molecule has 0 atom stereocenters. The number of nitrogens with zero attached hydrogens (tertiary/aromatic N) is 1. The second kappa shape index (κ2) is 3.24. The van der Waals surface area contributed by atoms with Gasteiger partial charge in [0.15, 0.2) is 0 Å². The predicted molar refractivity (Wildman–Crippen MR) is 59.1 cm³/mol. The van der Waals surface area contributed by atoms with Gasteiger partial charge in [-0.1, -0.05) is 0 Å². The molecule has 0 aliphatic carbocycles. The molecule has 0 saturated carbocycles. The fraction of sp³-hybridized carbons (Fsp3) is 0.100. The summed E-state index contributed by atoms with van der Waals surface area (Å²) >= 11 is 0. The van der Waals surface area contributed by atoms with Crippen molar-refractivity contribution in [2.75, 3.05) is 5.73 Å². The third-order valence-corrected chi connectivity index (χ3v) is 2.43.